The number of nitrogens with one attached hydrogen (secondary N) is 1. The zero-order valence-corrected chi connectivity index (χ0v) is 16.8. The number of carbonyl (C=O) groups is 3. The molecule has 30 heavy (non-hydrogen) atoms. The summed E-state index contributed by atoms with van der Waals surface area (Å²) in [6, 6.07) is 14.2. The first kappa shape index (κ1) is 19.7. The summed E-state index contributed by atoms with van der Waals surface area (Å²) in [7, 11) is 0. The number of thiazole rings is 1. The molecule has 7 nitrogen and oxygen atoms in total. The van der Waals surface area contributed by atoms with Crippen LogP contribution in [0.5, 0.6) is 0 Å². The van der Waals surface area contributed by atoms with Gasteiger partial charge < -0.3 is 5.32 Å². The molecular weight excluding hydrogens is 407 g/mol. The SMILES string of the molecule is Cc1nc(N2C(=O)CN(c3ccc(F)cc3)C2=O)sc1C(=O)NCc1ccccc1. The fourth-order valence-corrected chi connectivity index (χ4v) is 4.05. The molecule has 2 heterocycles. The van der Waals surface area contributed by atoms with Crippen LogP contribution < -0.4 is 15.1 Å². The monoisotopic (exact) mass is 424 g/mol. The average Bonchev–Trinajstić information content (AvgIpc) is 3.26. The van der Waals surface area contributed by atoms with E-state index in [0.29, 0.717) is 22.8 Å². The van der Waals surface area contributed by atoms with Crippen LogP contribution in [-0.4, -0.2) is 29.4 Å². The van der Waals surface area contributed by atoms with Gasteiger partial charge in [0.15, 0.2) is 0 Å². The lowest BCUT2D eigenvalue weighted by molar-refractivity contribution is -0.115. The molecule has 3 aromatic rings. The van der Waals surface area contributed by atoms with Gasteiger partial charge in [0.25, 0.3) is 11.8 Å². The molecular formula is C21H17FN4O3S. The molecule has 2 aromatic carbocycles. The molecule has 1 aromatic heterocycles. The maximum Gasteiger partial charge on any atom is 0.338 e. The number of aryl methyl sites for hydroxylation is 1. The number of halogens is 1. The van der Waals surface area contributed by atoms with Gasteiger partial charge in [-0.2, -0.15) is 0 Å². The second-order valence-electron chi connectivity index (χ2n) is 6.65. The zero-order valence-electron chi connectivity index (χ0n) is 16.0. The van der Waals surface area contributed by atoms with Crippen LogP contribution in [0.15, 0.2) is 54.6 Å². The van der Waals surface area contributed by atoms with Crippen molar-refractivity contribution >= 4 is 40.0 Å². The number of rotatable bonds is 5. The van der Waals surface area contributed by atoms with Crippen molar-refractivity contribution < 1.29 is 18.8 Å². The van der Waals surface area contributed by atoms with E-state index in [-0.39, 0.29) is 17.6 Å². The van der Waals surface area contributed by atoms with Gasteiger partial charge >= 0.3 is 6.03 Å². The van der Waals surface area contributed by atoms with E-state index in [4.69, 9.17) is 0 Å². The molecule has 0 saturated carbocycles. The van der Waals surface area contributed by atoms with Crippen molar-refractivity contribution in [2.45, 2.75) is 13.5 Å². The number of amides is 4. The summed E-state index contributed by atoms with van der Waals surface area (Å²) in [5, 5.41) is 2.96. The average molecular weight is 424 g/mol. The summed E-state index contributed by atoms with van der Waals surface area (Å²) in [4.78, 5) is 44.7. The van der Waals surface area contributed by atoms with E-state index < -0.39 is 17.8 Å². The highest BCUT2D eigenvalue weighted by Crippen LogP contribution is 2.31. The minimum Gasteiger partial charge on any atom is -0.347 e. The maximum absolute atomic E-state index is 13.2. The van der Waals surface area contributed by atoms with Gasteiger partial charge in [-0.15, -0.1) is 0 Å². The maximum atomic E-state index is 13.2. The van der Waals surface area contributed by atoms with Crippen LogP contribution in [0.25, 0.3) is 0 Å². The normalized spacial score (nSPS) is 13.8. The molecule has 0 radical (unpaired) electrons. The van der Waals surface area contributed by atoms with E-state index in [1.165, 1.54) is 29.2 Å². The highest BCUT2D eigenvalue weighted by molar-refractivity contribution is 7.18. The van der Waals surface area contributed by atoms with Crippen molar-refractivity contribution in [2.24, 2.45) is 0 Å². The predicted molar refractivity (Wildman–Crippen MR) is 111 cm³/mol. The molecule has 1 aliphatic heterocycles. The third kappa shape index (κ3) is 3.79. The van der Waals surface area contributed by atoms with Crippen LogP contribution in [0.4, 0.5) is 20.0 Å². The largest absolute Gasteiger partial charge is 0.347 e. The van der Waals surface area contributed by atoms with Gasteiger partial charge in [0.1, 0.15) is 17.2 Å². The fraction of sp³-hybridized carbons (Fsp3) is 0.143. The predicted octanol–water partition coefficient (Wildman–Crippen LogP) is 3.49. The quantitative estimate of drug-likeness (QED) is 0.636. The number of benzene rings is 2. The second-order valence-corrected chi connectivity index (χ2v) is 7.63. The zero-order chi connectivity index (χ0) is 21.3. The second kappa shape index (κ2) is 8.03. The van der Waals surface area contributed by atoms with Gasteiger partial charge in [-0.05, 0) is 36.8 Å². The first-order valence-electron chi connectivity index (χ1n) is 9.13. The van der Waals surface area contributed by atoms with E-state index in [1.807, 2.05) is 30.3 Å². The van der Waals surface area contributed by atoms with Crippen LogP contribution >= 0.6 is 11.3 Å². The molecule has 1 saturated heterocycles. The Hall–Kier alpha value is -3.59. The molecule has 152 valence electrons. The molecule has 1 fully saturated rings. The van der Waals surface area contributed by atoms with Crippen LogP contribution in [0.1, 0.15) is 20.9 Å². The van der Waals surface area contributed by atoms with Gasteiger partial charge in [0, 0.05) is 12.2 Å². The lowest BCUT2D eigenvalue weighted by atomic mass is 10.2. The summed E-state index contributed by atoms with van der Waals surface area (Å²) in [5.41, 5.74) is 1.79. The molecule has 1 N–H and O–H groups in total. The van der Waals surface area contributed by atoms with Gasteiger partial charge in [0.05, 0.1) is 5.69 Å². The van der Waals surface area contributed by atoms with Crippen molar-refractivity contribution in [1.82, 2.24) is 10.3 Å². The van der Waals surface area contributed by atoms with Gasteiger partial charge in [-0.25, -0.2) is 19.1 Å². The van der Waals surface area contributed by atoms with Crippen LogP contribution in [0, 0.1) is 12.7 Å². The molecule has 0 spiro atoms. The number of nitrogens with zero attached hydrogens (tertiary/aromatic N) is 3. The highest BCUT2D eigenvalue weighted by atomic mass is 32.1. The number of hydrogen-bond acceptors (Lipinski definition) is 5. The number of carbonyl (C=O) groups excluding carboxylic acids is 3. The molecule has 0 bridgehead atoms. The molecule has 9 heteroatoms. The first-order valence-corrected chi connectivity index (χ1v) is 9.95. The Balaban J connectivity index is 1.52. The Morgan fingerprint density at radius 1 is 1.13 bits per heavy atom. The number of imide groups is 1. The molecule has 0 atom stereocenters. The molecule has 0 aliphatic carbocycles. The molecule has 4 amide bonds. The Morgan fingerprint density at radius 2 is 1.83 bits per heavy atom. The lowest BCUT2D eigenvalue weighted by Crippen LogP contribution is -2.32. The van der Waals surface area contributed by atoms with Crippen molar-refractivity contribution in [3.8, 4) is 0 Å². The van der Waals surface area contributed by atoms with E-state index in [1.54, 1.807) is 6.92 Å². The topological polar surface area (TPSA) is 82.6 Å². The van der Waals surface area contributed by atoms with Crippen LogP contribution in [-0.2, 0) is 11.3 Å². The Kier molecular flexibility index (Phi) is 5.28. The third-order valence-corrected chi connectivity index (χ3v) is 5.72. The standard InChI is InChI=1S/C21H17FN4O3S/c1-13-18(19(28)23-11-14-5-3-2-4-6-14)30-20(24-13)26-17(27)12-25(21(26)29)16-9-7-15(22)8-10-16/h2-10H,11-12H2,1H3,(H,23,28). The van der Waals surface area contributed by atoms with Crippen molar-refractivity contribution in [2.75, 3.05) is 16.3 Å². The van der Waals surface area contributed by atoms with E-state index in [2.05, 4.69) is 10.3 Å². The number of hydrogen-bond donors (Lipinski definition) is 1. The van der Waals surface area contributed by atoms with E-state index in [9.17, 15) is 18.8 Å². The van der Waals surface area contributed by atoms with Gasteiger partial charge in [-0.3, -0.25) is 14.5 Å². The minimum absolute atomic E-state index is 0.136. The number of urea groups is 1. The highest BCUT2D eigenvalue weighted by Gasteiger charge is 2.40. The summed E-state index contributed by atoms with van der Waals surface area (Å²) in [5.74, 6) is -1.22. The van der Waals surface area contributed by atoms with Gasteiger partial charge in [0.2, 0.25) is 5.13 Å². The van der Waals surface area contributed by atoms with E-state index in [0.717, 1.165) is 21.8 Å². The van der Waals surface area contributed by atoms with E-state index >= 15 is 0 Å². The summed E-state index contributed by atoms with van der Waals surface area (Å²) in [6.07, 6.45) is 0. The smallest absolute Gasteiger partial charge is 0.338 e. The number of aromatic nitrogens is 1. The third-order valence-electron chi connectivity index (χ3n) is 4.58. The van der Waals surface area contributed by atoms with Crippen LogP contribution in [0.2, 0.25) is 0 Å². The fourth-order valence-electron chi connectivity index (χ4n) is 3.06. The summed E-state index contributed by atoms with van der Waals surface area (Å²) in [6.45, 7) is 1.82. The van der Waals surface area contributed by atoms with Gasteiger partial charge in [-0.1, -0.05) is 41.7 Å². The summed E-state index contributed by atoms with van der Waals surface area (Å²) < 4.78 is 13.2. The Morgan fingerprint density at radius 3 is 2.53 bits per heavy atom. The Bertz CT molecular complexity index is 1120. The molecule has 1 aliphatic rings. The Labute approximate surface area is 175 Å². The van der Waals surface area contributed by atoms with Crippen LogP contribution in [0.3, 0.4) is 0 Å². The summed E-state index contributed by atoms with van der Waals surface area (Å²) >= 11 is 0.982. The first-order chi connectivity index (χ1) is 14.4. The minimum atomic E-state index is -0.586. The molecule has 4 rings (SSSR count). The van der Waals surface area contributed by atoms with Crippen molar-refractivity contribution in [3.63, 3.8) is 0 Å². The number of anilines is 2. The van der Waals surface area contributed by atoms with Crippen molar-refractivity contribution in [1.29, 1.82) is 0 Å². The van der Waals surface area contributed by atoms with Crippen molar-refractivity contribution in [3.05, 3.63) is 76.5 Å². The lowest BCUT2D eigenvalue weighted by Gasteiger charge is -2.15. The molecule has 0 unspecified atom stereocenters.